The van der Waals surface area contributed by atoms with Gasteiger partial charge in [-0.2, -0.15) is 0 Å². The second-order valence-electron chi connectivity index (χ2n) is 8.81. The third kappa shape index (κ3) is 4.79. The summed E-state index contributed by atoms with van der Waals surface area (Å²) in [4.78, 5) is 29.1. The second-order valence-corrected chi connectivity index (χ2v) is 8.81. The minimum Gasteiger partial charge on any atom is -0.440 e. The molecule has 0 saturated carbocycles. The van der Waals surface area contributed by atoms with Crippen LogP contribution in [0.25, 0.3) is 11.0 Å². The summed E-state index contributed by atoms with van der Waals surface area (Å²) in [6, 6.07) is 4.87. The van der Waals surface area contributed by atoms with E-state index in [9.17, 15) is 9.59 Å². The molecule has 1 unspecified atom stereocenters. The first-order valence-electron chi connectivity index (χ1n) is 10.0. The summed E-state index contributed by atoms with van der Waals surface area (Å²) in [5.41, 5.74) is 1.51. The molecule has 3 rings (SSSR count). The largest absolute Gasteiger partial charge is 0.440 e. The molecule has 2 heterocycles. The fourth-order valence-electron chi connectivity index (χ4n) is 3.64. The summed E-state index contributed by atoms with van der Waals surface area (Å²) in [5, 5.41) is 3.94. The van der Waals surface area contributed by atoms with E-state index in [2.05, 4.69) is 26.1 Å². The summed E-state index contributed by atoms with van der Waals surface area (Å²) >= 11 is 0. The van der Waals surface area contributed by atoms with Gasteiger partial charge in [-0.3, -0.25) is 9.59 Å². The van der Waals surface area contributed by atoms with Crippen LogP contribution < -0.4 is 15.6 Å². The quantitative estimate of drug-likeness (QED) is 0.849. The van der Waals surface area contributed by atoms with Crippen molar-refractivity contribution in [3.8, 4) is 0 Å². The number of nitrogens with one attached hydrogen (secondary N) is 1. The molecule has 1 fully saturated rings. The van der Waals surface area contributed by atoms with Crippen molar-refractivity contribution in [3.63, 3.8) is 0 Å². The maximum atomic E-state index is 13.0. The fourth-order valence-corrected chi connectivity index (χ4v) is 3.64. The molecular formula is C22H31N3O4. The van der Waals surface area contributed by atoms with Crippen LogP contribution in [0.5, 0.6) is 0 Å². The number of hydrogen-bond acceptors (Lipinski definition) is 6. The van der Waals surface area contributed by atoms with Gasteiger partial charge in [-0.05, 0) is 39.8 Å². The highest BCUT2D eigenvalue weighted by molar-refractivity contribution is 5.98. The zero-order valence-electron chi connectivity index (χ0n) is 18.2. The Morgan fingerprint density at radius 3 is 2.41 bits per heavy atom. The lowest BCUT2D eigenvalue weighted by atomic mass is 9.98. The average molecular weight is 402 g/mol. The number of rotatable bonds is 4. The molecule has 1 aromatic carbocycles. The molecule has 1 saturated heterocycles. The average Bonchev–Trinajstić information content (AvgIpc) is 2.66. The Morgan fingerprint density at radius 2 is 1.83 bits per heavy atom. The predicted octanol–water partition coefficient (Wildman–Crippen LogP) is 2.78. The van der Waals surface area contributed by atoms with Gasteiger partial charge in [0.1, 0.15) is 5.58 Å². The molecule has 0 bridgehead atoms. The Morgan fingerprint density at radius 1 is 1.17 bits per heavy atom. The van der Waals surface area contributed by atoms with Gasteiger partial charge < -0.3 is 24.3 Å². The van der Waals surface area contributed by atoms with Crippen LogP contribution in [0, 0.1) is 0 Å². The number of nitrogens with zero attached hydrogens (tertiary/aromatic N) is 2. The highest BCUT2D eigenvalue weighted by atomic mass is 16.5. The number of carbonyl (C=O) groups excluding carboxylic acids is 1. The zero-order valence-corrected chi connectivity index (χ0v) is 18.2. The molecule has 1 aliphatic rings. The lowest BCUT2D eigenvalue weighted by molar-refractivity contribution is 0.0827. The van der Waals surface area contributed by atoms with E-state index in [0.29, 0.717) is 48.7 Å². The van der Waals surface area contributed by atoms with Crippen molar-refractivity contribution in [1.82, 2.24) is 10.2 Å². The van der Waals surface area contributed by atoms with Crippen molar-refractivity contribution in [2.75, 3.05) is 45.3 Å². The number of fused-ring (bicyclic) bond motifs is 1. The summed E-state index contributed by atoms with van der Waals surface area (Å²) < 4.78 is 11.7. The minimum atomic E-state index is -0.148. The standard InChI is InChI=1S/C22H31N3O4/c1-14(23-22(2,3)4)16-11-15(21(27)24(5)6)12-17-18(26)13-19(29-20(16)17)25-7-9-28-10-8-25/h11-14,23H,7-10H2,1-6H3. The molecule has 0 aliphatic carbocycles. The zero-order chi connectivity index (χ0) is 21.3. The first-order valence-corrected chi connectivity index (χ1v) is 10.0. The molecule has 1 atom stereocenters. The van der Waals surface area contributed by atoms with Crippen molar-refractivity contribution in [2.45, 2.75) is 39.3 Å². The number of benzene rings is 1. The van der Waals surface area contributed by atoms with Gasteiger partial charge in [0.15, 0.2) is 11.3 Å². The van der Waals surface area contributed by atoms with Crippen LogP contribution >= 0.6 is 0 Å². The number of carbonyl (C=O) groups is 1. The van der Waals surface area contributed by atoms with Crippen LogP contribution in [0.4, 0.5) is 5.88 Å². The minimum absolute atomic E-state index is 0.115. The Balaban J connectivity index is 2.19. The van der Waals surface area contributed by atoms with Crippen molar-refractivity contribution < 1.29 is 13.9 Å². The van der Waals surface area contributed by atoms with E-state index in [4.69, 9.17) is 9.15 Å². The highest BCUT2D eigenvalue weighted by Crippen LogP contribution is 2.29. The maximum absolute atomic E-state index is 13.0. The summed E-state index contributed by atoms with van der Waals surface area (Å²) in [5.74, 6) is 0.398. The van der Waals surface area contributed by atoms with Crippen molar-refractivity contribution in [2.24, 2.45) is 0 Å². The van der Waals surface area contributed by atoms with E-state index in [1.807, 2.05) is 17.9 Å². The molecule has 0 spiro atoms. The first-order chi connectivity index (χ1) is 13.6. The van der Waals surface area contributed by atoms with Crippen molar-refractivity contribution in [3.05, 3.63) is 39.5 Å². The topological polar surface area (TPSA) is 75.0 Å². The van der Waals surface area contributed by atoms with Crippen molar-refractivity contribution >= 4 is 22.8 Å². The molecule has 7 nitrogen and oxygen atoms in total. The molecule has 1 N–H and O–H groups in total. The van der Waals surface area contributed by atoms with Gasteiger partial charge in [-0.15, -0.1) is 0 Å². The number of hydrogen-bond donors (Lipinski definition) is 1. The summed E-state index contributed by atoms with van der Waals surface area (Å²) in [6.45, 7) is 10.8. The first kappa shape index (κ1) is 21.3. The SMILES string of the molecule is CC(NC(C)(C)C)c1cc(C(=O)N(C)C)cc2c(=O)cc(N3CCOCC3)oc12. The second kappa shape index (κ2) is 8.16. The molecule has 29 heavy (non-hydrogen) atoms. The third-order valence-electron chi connectivity index (χ3n) is 4.94. The smallest absolute Gasteiger partial charge is 0.253 e. The number of ether oxygens (including phenoxy) is 1. The maximum Gasteiger partial charge on any atom is 0.253 e. The monoisotopic (exact) mass is 401 g/mol. The Kier molecular flexibility index (Phi) is 6.00. The van der Waals surface area contributed by atoms with E-state index in [1.165, 1.54) is 11.0 Å². The molecule has 1 aliphatic heterocycles. The lowest BCUT2D eigenvalue weighted by Gasteiger charge is -2.29. The van der Waals surface area contributed by atoms with Crippen LogP contribution in [-0.2, 0) is 4.74 Å². The number of amides is 1. The van der Waals surface area contributed by atoms with Gasteiger partial charge in [0.25, 0.3) is 5.91 Å². The van der Waals surface area contributed by atoms with Crippen LogP contribution in [0.2, 0.25) is 0 Å². The Hall–Kier alpha value is -2.38. The molecule has 1 aromatic heterocycles. The molecule has 7 heteroatoms. The Labute approximate surface area is 171 Å². The van der Waals surface area contributed by atoms with Gasteiger partial charge in [0, 0.05) is 56.0 Å². The van der Waals surface area contributed by atoms with Gasteiger partial charge >= 0.3 is 0 Å². The molecule has 2 aromatic rings. The van der Waals surface area contributed by atoms with Gasteiger partial charge in [-0.25, -0.2) is 0 Å². The summed E-state index contributed by atoms with van der Waals surface area (Å²) in [6.07, 6.45) is 0. The van der Waals surface area contributed by atoms with Crippen molar-refractivity contribution in [1.29, 1.82) is 0 Å². The molecule has 0 radical (unpaired) electrons. The number of anilines is 1. The van der Waals surface area contributed by atoms with E-state index in [0.717, 1.165) is 5.56 Å². The lowest BCUT2D eigenvalue weighted by Crippen LogP contribution is -2.38. The van der Waals surface area contributed by atoms with Gasteiger partial charge in [0.2, 0.25) is 0 Å². The van der Waals surface area contributed by atoms with Crippen LogP contribution in [0.15, 0.2) is 27.4 Å². The molecular weight excluding hydrogens is 370 g/mol. The van der Waals surface area contributed by atoms with Gasteiger partial charge in [-0.1, -0.05) is 0 Å². The van der Waals surface area contributed by atoms with Crippen LogP contribution in [-0.4, -0.2) is 56.7 Å². The highest BCUT2D eigenvalue weighted by Gasteiger charge is 2.23. The summed E-state index contributed by atoms with van der Waals surface area (Å²) in [7, 11) is 3.40. The molecule has 158 valence electrons. The molecule has 1 amide bonds. The number of morpholine rings is 1. The van der Waals surface area contributed by atoms with E-state index >= 15 is 0 Å². The van der Waals surface area contributed by atoms with E-state index in [-0.39, 0.29) is 22.9 Å². The van der Waals surface area contributed by atoms with E-state index < -0.39 is 0 Å². The van der Waals surface area contributed by atoms with Gasteiger partial charge in [0.05, 0.1) is 18.6 Å². The van der Waals surface area contributed by atoms with Crippen LogP contribution in [0.3, 0.4) is 0 Å². The Bertz CT molecular complexity index is 953. The van der Waals surface area contributed by atoms with E-state index in [1.54, 1.807) is 20.2 Å². The third-order valence-corrected chi connectivity index (χ3v) is 4.94. The van der Waals surface area contributed by atoms with Crippen LogP contribution in [0.1, 0.15) is 49.7 Å². The fraction of sp³-hybridized carbons (Fsp3) is 0.545. The predicted molar refractivity (Wildman–Crippen MR) is 115 cm³/mol. The normalized spacial score (nSPS) is 16.1.